The van der Waals surface area contributed by atoms with Crippen LogP contribution in [0, 0.1) is 0 Å². The number of benzene rings is 2. The van der Waals surface area contributed by atoms with Gasteiger partial charge in [-0.25, -0.2) is 9.48 Å². The topological polar surface area (TPSA) is 77.0 Å². The Kier molecular flexibility index (Phi) is 4.30. The summed E-state index contributed by atoms with van der Waals surface area (Å²) in [5.74, 6) is -0.781. The Morgan fingerprint density at radius 2 is 1.85 bits per heavy atom. The second-order valence-corrected chi connectivity index (χ2v) is 6.16. The van der Waals surface area contributed by atoms with Gasteiger partial charge in [-0.15, -0.1) is 0 Å². The van der Waals surface area contributed by atoms with E-state index in [1.54, 1.807) is 48.3 Å². The molecule has 0 aliphatic heterocycles. The Labute approximate surface area is 155 Å². The van der Waals surface area contributed by atoms with Crippen molar-refractivity contribution in [3.8, 4) is 5.69 Å². The Balaban J connectivity index is 1.48. The number of carbonyl (C=O) groups is 2. The first-order valence-electron chi connectivity index (χ1n) is 8.55. The average Bonchev–Trinajstić information content (AvgIpc) is 3.37. The normalized spacial score (nSPS) is 12.0. The quantitative estimate of drug-likeness (QED) is 0.434. The first kappa shape index (κ1) is 16.8. The molecule has 134 valence electrons. The fourth-order valence-electron chi connectivity index (χ4n) is 2.95. The Morgan fingerprint density at radius 3 is 2.59 bits per heavy atom. The highest BCUT2D eigenvalue weighted by molar-refractivity contribution is 6.10. The number of nitrogens with zero attached hydrogens (tertiary/aromatic N) is 2. The number of para-hydroxylation sites is 1. The number of esters is 1. The standard InChI is InChI=1S/C21H17N3O3/c1-14(20(25)18-13-22-19-6-3-2-5-17(18)19)27-21(26)15-7-9-16(10-8-15)24-12-4-11-23-24/h2-14,22H,1H3/t14-/m0/s1. The minimum atomic E-state index is -0.887. The molecule has 0 saturated heterocycles. The van der Waals surface area contributed by atoms with Crippen molar-refractivity contribution in [3.63, 3.8) is 0 Å². The van der Waals surface area contributed by atoms with Crippen LogP contribution in [0.5, 0.6) is 0 Å². The van der Waals surface area contributed by atoms with E-state index in [1.807, 2.05) is 36.5 Å². The minimum absolute atomic E-state index is 0.242. The number of Topliss-reactive ketones (excluding diaryl/α,β-unsaturated/α-hetero) is 1. The van der Waals surface area contributed by atoms with Gasteiger partial charge in [0, 0.05) is 35.1 Å². The van der Waals surface area contributed by atoms with Gasteiger partial charge in [-0.3, -0.25) is 4.79 Å². The van der Waals surface area contributed by atoms with E-state index in [1.165, 1.54) is 0 Å². The van der Waals surface area contributed by atoms with Crippen molar-refractivity contribution < 1.29 is 14.3 Å². The molecule has 4 aromatic rings. The molecule has 0 unspecified atom stereocenters. The monoisotopic (exact) mass is 359 g/mol. The van der Waals surface area contributed by atoms with Gasteiger partial charge < -0.3 is 9.72 Å². The van der Waals surface area contributed by atoms with Crippen molar-refractivity contribution in [2.75, 3.05) is 0 Å². The Morgan fingerprint density at radius 1 is 1.07 bits per heavy atom. The molecule has 2 heterocycles. The number of fused-ring (bicyclic) bond motifs is 1. The van der Waals surface area contributed by atoms with Gasteiger partial charge in [-0.2, -0.15) is 5.10 Å². The largest absolute Gasteiger partial charge is 0.451 e. The maximum absolute atomic E-state index is 12.7. The van der Waals surface area contributed by atoms with Gasteiger partial charge in [0.1, 0.15) is 0 Å². The summed E-state index contributed by atoms with van der Waals surface area (Å²) in [6, 6.07) is 16.2. The maximum Gasteiger partial charge on any atom is 0.338 e. The molecule has 4 rings (SSSR count). The van der Waals surface area contributed by atoms with Crippen LogP contribution in [0.4, 0.5) is 0 Å². The highest BCUT2D eigenvalue weighted by Crippen LogP contribution is 2.20. The van der Waals surface area contributed by atoms with E-state index in [0.29, 0.717) is 11.1 Å². The van der Waals surface area contributed by atoms with Crippen LogP contribution in [0.2, 0.25) is 0 Å². The second-order valence-electron chi connectivity index (χ2n) is 6.16. The average molecular weight is 359 g/mol. The number of nitrogens with one attached hydrogen (secondary N) is 1. The van der Waals surface area contributed by atoms with Crippen molar-refractivity contribution in [3.05, 3.63) is 84.3 Å². The van der Waals surface area contributed by atoms with Crippen LogP contribution in [-0.2, 0) is 4.74 Å². The first-order chi connectivity index (χ1) is 13.1. The number of hydrogen-bond acceptors (Lipinski definition) is 4. The van der Waals surface area contributed by atoms with Crippen LogP contribution in [0.1, 0.15) is 27.6 Å². The van der Waals surface area contributed by atoms with E-state index in [4.69, 9.17) is 4.74 Å². The lowest BCUT2D eigenvalue weighted by molar-refractivity contribution is 0.0319. The van der Waals surface area contributed by atoms with Gasteiger partial charge in [-0.05, 0) is 43.3 Å². The summed E-state index contributed by atoms with van der Waals surface area (Å²) >= 11 is 0. The molecule has 0 aliphatic carbocycles. The van der Waals surface area contributed by atoms with E-state index in [-0.39, 0.29) is 5.78 Å². The molecule has 6 heteroatoms. The molecule has 6 nitrogen and oxygen atoms in total. The smallest absolute Gasteiger partial charge is 0.338 e. The number of carbonyl (C=O) groups excluding carboxylic acids is 2. The van der Waals surface area contributed by atoms with E-state index in [9.17, 15) is 9.59 Å². The van der Waals surface area contributed by atoms with E-state index < -0.39 is 12.1 Å². The summed E-state index contributed by atoms with van der Waals surface area (Å²) in [5.41, 5.74) is 2.59. The number of ketones is 1. The number of hydrogen-bond donors (Lipinski definition) is 1. The lowest BCUT2D eigenvalue weighted by Crippen LogP contribution is -2.24. The van der Waals surface area contributed by atoms with E-state index >= 15 is 0 Å². The van der Waals surface area contributed by atoms with Gasteiger partial charge in [-0.1, -0.05) is 18.2 Å². The molecule has 2 aromatic carbocycles. The van der Waals surface area contributed by atoms with Crippen LogP contribution >= 0.6 is 0 Å². The molecule has 2 aromatic heterocycles. The number of rotatable bonds is 5. The van der Waals surface area contributed by atoms with Gasteiger partial charge in [0.25, 0.3) is 0 Å². The van der Waals surface area contributed by atoms with Crippen molar-refractivity contribution in [1.29, 1.82) is 0 Å². The summed E-state index contributed by atoms with van der Waals surface area (Å²) in [6.07, 6.45) is 4.26. The van der Waals surface area contributed by atoms with Crippen molar-refractivity contribution >= 4 is 22.7 Å². The zero-order valence-corrected chi connectivity index (χ0v) is 14.6. The number of aromatic amines is 1. The van der Waals surface area contributed by atoms with Crippen LogP contribution in [0.3, 0.4) is 0 Å². The third-order valence-corrected chi connectivity index (χ3v) is 4.38. The summed E-state index contributed by atoms with van der Waals surface area (Å²) in [6.45, 7) is 1.58. The van der Waals surface area contributed by atoms with Gasteiger partial charge in [0.05, 0.1) is 11.3 Å². The van der Waals surface area contributed by atoms with Gasteiger partial charge in [0.2, 0.25) is 5.78 Å². The van der Waals surface area contributed by atoms with Crippen molar-refractivity contribution in [1.82, 2.24) is 14.8 Å². The molecule has 0 saturated carbocycles. The zero-order valence-electron chi connectivity index (χ0n) is 14.6. The summed E-state index contributed by atoms with van der Waals surface area (Å²) in [7, 11) is 0. The molecule has 0 aliphatic rings. The molecule has 27 heavy (non-hydrogen) atoms. The van der Waals surface area contributed by atoms with E-state index in [2.05, 4.69) is 10.1 Å². The molecular weight excluding hydrogens is 342 g/mol. The summed E-state index contributed by atoms with van der Waals surface area (Å²) in [5, 5.41) is 4.95. The maximum atomic E-state index is 12.7. The van der Waals surface area contributed by atoms with Crippen LogP contribution < -0.4 is 0 Å². The fraction of sp³-hybridized carbons (Fsp3) is 0.0952. The molecule has 0 radical (unpaired) electrons. The predicted molar refractivity (Wildman–Crippen MR) is 101 cm³/mol. The number of ether oxygens (including phenoxy) is 1. The lowest BCUT2D eigenvalue weighted by Gasteiger charge is -2.12. The first-order valence-corrected chi connectivity index (χ1v) is 8.55. The highest BCUT2D eigenvalue weighted by atomic mass is 16.5. The third-order valence-electron chi connectivity index (χ3n) is 4.38. The lowest BCUT2D eigenvalue weighted by atomic mass is 10.1. The number of aromatic nitrogens is 3. The van der Waals surface area contributed by atoms with Crippen LogP contribution in [-0.4, -0.2) is 32.6 Å². The minimum Gasteiger partial charge on any atom is -0.451 e. The Hall–Kier alpha value is -3.67. The highest BCUT2D eigenvalue weighted by Gasteiger charge is 2.22. The number of H-pyrrole nitrogens is 1. The van der Waals surface area contributed by atoms with Gasteiger partial charge >= 0.3 is 5.97 Å². The summed E-state index contributed by atoms with van der Waals surface area (Å²) in [4.78, 5) is 28.1. The molecule has 0 amide bonds. The summed E-state index contributed by atoms with van der Waals surface area (Å²) < 4.78 is 7.07. The SMILES string of the molecule is C[C@H](OC(=O)c1ccc(-n2cccn2)cc1)C(=O)c1c[nH]c2ccccc12. The molecule has 0 fully saturated rings. The molecule has 0 bridgehead atoms. The zero-order chi connectivity index (χ0) is 18.8. The van der Waals surface area contributed by atoms with Crippen molar-refractivity contribution in [2.24, 2.45) is 0 Å². The molecule has 0 spiro atoms. The van der Waals surface area contributed by atoms with Crippen LogP contribution in [0.15, 0.2) is 73.2 Å². The molecule has 1 N–H and O–H groups in total. The van der Waals surface area contributed by atoms with Crippen LogP contribution in [0.25, 0.3) is 16.6 Å². The molecule has 1 atom stereocenters. The van der Waals surface area contributed by atoms with Gasteiger partial charge in [0.15, 0.2) is 6.10 Å². The fourth-order valence-corrected chi connectivity index (χ4v) is 2.95. The van der Waals surface area contributed by atoms with E-state index in [0.717, 1.165) is 16.6 Å². The second kappa shape index (κ2) is 6.92. The Bertz CT molecular complexity index is 1100. The molecular formula is C21H17N3O3. The predicted octanol–water partition coefficient (Wildman–Crippen LogP) is 3.78. The third kappa shape index (κ3) is 3.25. The van der Waals surface area contributed by atoms with Crippen molar-refractivity contribution in [2.45, 2.75) is 13.0 Å².